The van der Waals surface area contributed by atoms with Crippen molar-refractivity contribution in [3.63, 3.8) is 0 Å². The number of hydrogen-bond donors (Lipinski definition) is 1. The number of amides is 1. The lowest BCUT2D eigenvalue weighted by atomic mass is 9.69. The van der Waals surface area contributed by atoms with Gasteiger partial charge in [-0.1, -0.05) is 13.8 Å². The zero-order valence-corrected chi connectivity index (χ0v) is 11.4. The van der Waals surface area contributed by atoms with Gasteiger partial charge in [-0.05, 0) is 50.0 Å². The second kappa shape index (κ2) is 5.38. The first-order valence-corrected chi connectivity index (χ1v) is 7.07. The summed E-state index contributed by atoms with van der Waals surface area (Å²) in [6, 6.07) is 0.151. The molecule has 17 heavy (non-hydrogen) atoms. The third-order valence-electron chi connectivity index (χ3n) is 4.62. The molecular formula is C14H26N2O. The number of hydrogen-bond acceptors (Lipinski definition) is 2. The van der Waals surface area contributed by atoms with Gasteiger partial charge in [0, 0.05) is 13.6 Å². The van der Waals surface area contributed by atoms with Crippen LogP contribution in [0.5, 0.6) is 0 Å². The predicted molar refractivity (Wildman–Crippen MR) is 69.7 cm³/mol. The Labute approximate surface area is 105 Å². The highest BCUT2D eigenvalue weighted by Gasteiger charge is 2.36. The second-order valence-corrected chi connectivity index (χ2v) is 6.11. The van der Waals surface area contributed by atoms with Crippen molar-refractivity contribution < 1.29 is 4.79 Å². The standard InChI is InChI=1S/C14H26N2O/c1-10(2)12-7-11(8-12)9-16-6-4-5-13(16)14(17)15-3/h10-13H,4-9H2,1-3H3,(H,15,17)/t11-,12+,13-/m1/s1. The normalized spacial score (nSPS) is 33.8. The van der Waals surface area contributed by atoms with Crippen molar-refractivity contribution in [2.45, 2.75) is 45.6 Å². The van der Waals surface area contributed by atoms with Crippen LogP contribution in [0.25, 0.3) is 0 Å². The zero-order chi connectivity index (χ0) is 12.4. The number of nitrogens with zero attached hydrogens (tertiary/aromatic N) is 1. The molecular weight excluding hydrogens is 212 g/mol. The predicted octanol–water partition coefficient (Wildman–Crippen LogP) is 1.88. The number of rotatable bonds is 4. The Morgan fingerprint density at radius 3 is 2.71 bits per heavy atom. The van der Waals surface area contributed by atoms with Crippen molar-refractivity contribution in [1.82, 2.24) is 10.2 Å². The van der Waals surface area contributed by atoms with Crippen LogP contribution in [0.2, 0.25) is 0 Å². The highest BCUT2D eigenvalue weighted by molar-refractivity contribution is 5.81. The Balaban J connectivity index is 1.78. The van der Waals surface area contributed by atoms with E-state index in [1.54, 1.807) is 7.05 Å². The minimum atomic E-state index is 0.151. The van der Waals surface area contributed by atoms with Gasteiger partial charge in [-0.2, -0.15) is 0 Å². The molecule has 1 aliphatic carbocycles. The summed E-state index contributed by atoms with van der Waals surface area (Å²) in [4.78, 5) is 14.1. The van der Waals surface area contributed by atoms with Crippen molar-refractivity contribution in [2.24, 2.45) is 17.8 Å². The van der Waals surface area contributed by atoms with E-state index in [1.165, 1.54) is 19.3 Å². The summed E-state index contributed by atoms with van der Waals surface area (Å²) >= 11 is 0. The molecule has 3 nitrogen and oxygen atoms in total. The lowest BCUT2D eigenvalue weighted by Crippen LogP contribution is -2.46. The number of likely N-dealkylation sites (tertiary alicyclic amines) is 1. The van der Waals surface area contributed by atoms with Crippen molar-refractivity contribution in [1.29, 1.82) is 0 Å². The first-order chi connectivity index (χ1) is 8.11. The first-order valence-electron chi connectivity index (χ1n) is 7.07. The second-order valence-electron chi connectivity index (χ2n) is 6.11. The first kappa shape index (κ1) is 12.9. The summed E-state index contributed by atoms with van der Waals surface area (Å²) in [5.74, 6) is 2.82. The topological polar surface area (TPSA) is 32.3 Å². The SMILES string of the molecule is CNC(=O)[C@H]1CCCN1C[C@H]1C[C@@H](C(C)C)C1. The van der Waals surface area contributed by atoms with Crippen LogP contribution in [0.3, 0.4) is 0 Å². The highest BCUT2D eigenvalue weighted by Crippen LogP contribution is 2.39. The van der Waals surface area contributed by atoms with Crippen LogP contribution < -0.4 is 5.32 Å². The third kappa shape index (κ3) is 2.82. The fraction of sp³-hybridized carbons (Fsp3) is 0.929. The molecule has 0 radical (unpaired) electrons. The van der Waals surface area contributed by atoms with Gasteiger partial charge < -0.3 is 5.32 Å². The number of likely N-dealkylation sites (N-methyl/N-ethyl adjacent to an activating group) is 1. The van der Waals surface area contributed by atoms with E-state index in [0.29, 0.717) is 0 Å². The van der Waals surface area contributed by atoms with E-state index in [1.807, 2.05) is 0 Å². The van der Waals surface area contributed by atoms with Crippen LogP contribution in [0, 0.1) is 17.8 Å². The smallest absolute Gasteiger partial charge is 0.237 e. The van der Waals surface area contributed by atoms with E-state index < -0.39 is 0 Å². The Hall–Kier alpha value is -0.570. The summed E-state index contributed by atoms with van der Waals surface area (Å²) in [7, 11) is 1.75. The van der Waals surface area contributed by atoms with E-state index >= 15 is 0 Å². The maximum Gasteiger partial charge on any atom is 0.237 e. The van der Waals surface area contributed by atoms with Crippen LogP contribution in [-0.4, -0.2) is 37.0 Å². The van der Waals surface area contributed by atoms with Crippen LogP contribution in [0.15, 0.2) is 0 Å². The molecule has 2 aliphatic rings. The summed E-state index contributed by atoms with van der Waals surface area (Å²) < 4.78 is 0. The molecule has 1 atom stereocenters. The van der Waals surface area contributed by atoms with E-state index in [-0.39, 0.29) is 11.9 Å². The van der Waals surface area contributed by atoms with Crippen LogP contribution in [0.4, 0.5) is 0 Å². The van der Waals surface area contributed by atoms with E-state index in [0.717, 1.165) is 37.3 Å². The van der Waals surface area contributed by atoms with Crippen molar-refractivity contribution >= 4 is 5.91 Å². The molecule has 0 aromatic heterocycles. The van der Waals surface area contributed by atoms with Gasteiger partial charge in [0.1, 0.15) is 0 Å². The number of carbonyl (C=O) groups excluding carboxylic acids is 1. The molecule has 0 spiro atoms. The van der Waals surface area contributed by atoms with Gasteiger partial charge in [0.25, 0.3) is 0 Å². The van der Waals surface area contributed by atoms with Gasteiger partial charge >= 0.3 is 0 Å². The molecule has 1 heterocycles. The Morgan fingerprint density at radius 1 is 1.41 bits per heavy atom. The van der Waals surface area contributed by atoms with Gasteiger partial charge in [0.15, 0.2) is 0 Å². The molecule has 1 saturated heterocycles. The van der Waals surface area contributed by atoms with E-state index in [9.17, 15) is 4.79 Å². The molecule has 0 aromatic carbocycles. The highest BCUT2D eigenvalue weighted by atomic mass is 16.2. The van der Waals surface area contributed by atoms with E-state index in [4.69, 9.17) is 0 Å². The molecule has 2 fully saturated rings. The fourth-order valence-corrected chi connectivity index (χ4v) is 3.32. The monoisotopic (exact) mass is 238 g/mol. The molecule has 1 amide bonds. The molecule has 1 saturated carbocycles. The van der Waals surface area contributed by atoms with Crippen LogP contribution in [-0.2, 0) is 4.79 Å². The Bertz CT molecular complexity index is 271. The fourth-order valence-electron chi connectivity index (χ4n) is 3.32. The lowest BCUT2D eigenvalue weighted by Gasteiger charge is -2.41. The van der Waals surface area contributed by atoms with Crippen LogP contribution in [0.1, 0.15) is 39.5 Å². The summed E-state index contributed by atoms with van der Waals surface area (Å²) in [6.07, 6.45) is 4.96. The molecule has 3 heteroatoms. The van der Waals surface area contributed by atoms with Gasteiger partial charge in [-0.25, -0.2) is 0 Å². The zero-order valence-electron chi connectivity index (χ0n) is 11.4. The molecule has 0 aromatic rings. The van der Waals surface area contributed by atoms with Gasteiger partial charge in [0.05, 0.1) is 6.04 Å². The number of carbonyl (C=O) groups is 1. The van der Waals surface area contributed by atoms with Crippen molar-refractivity contribution in [3.8, 4) is 0 Å². The molecule has 98 valence electrons. The number of nitrogens with one attached hydrogen (secondary N) is 1. The molecule has 0 bridgehead atoms. The quantitative estimate of drug-likeness (QED) is 0.811. The maximum atomic E-state index is 11.7. The summed E-state index contributed by atoms with van der Waals surface area (Å²) in [6.45, 7) is 6.90. The molecule has 0 unspecified atom stereocenters. The average Bonchev–Trinajstić information content (AvgIpc) is 2.69. The summed E-state index contributed by atoms with van der Waals surface area (Å²) in [5, 5.41) is 2.79. The lowest BCUT2D eigenvalue weighted by molar-refractivity contribution is -0.125. The third-order valence-corrected chi connectivity index (χ3v) is 4.62. The average molecular weight is 238 g/mol. The van der Waals surface area contributed by atoms with Gasteiger partial charge in [0.2, 0.25) is 5.91 Å². The van der Waals surface area contributed by atoms with Crippen molar-refractivity contribution in [3.05, 3.63) is 0 Å². The van der Waals surface area contributed by atoms with Crippen LogP contribution >= 0.6 is 0 Å². The van der Waals surface area contributed by atoms with E-state index in [2.05, 4.69) is 24.1 Å². The van der Waals surface area contributed by atoms with Gasteiger partial charge in [-0.15, -0.1) is 0 Å². The molecule has 1 N–H and O–H groups in total. The van der Waals surface area contributed by atoms with Crippen molar-refractivity contribution in [2.75, 3.05) is 20.1 Å². The van der Waals surface area contributed by atoms with Gasteiger partial charge in [-0.3, -0.25) is 9.69 Å². The molecule has 1 aliphatic heterocycles. The minimum Gasteiger partial charge on any atom is -0.358 e. The maximum absolute atomic E-state index is 11.7. The Morgan fingerprint density at radius 2 is 2.12 bits per heavy atom. The largest absolute Gasteiger partial charge is 0.358 e. The Kier molecular flexibility index (Phi) is 4.08. The molecule has 2 rings (SSSR count). The minimum absolute atomic E-state index is 0.151. The summed E-state index contributed by atoms with van der Waals surface area (Å²) in [5.41, 5.74) is 0.